The highest BCUT2D eigenvalue weighted by Crippen LogP contribution is 2.48. The molecule has 0 saturated heterocycles. The Morgan fingerprint density at radius 3 is 2.28 bits per heavy atom. The summed E-state index contributed by atoms with van der Waals surface area (Å²) in [6.07, 6.45) is 8.38. The van der Waals surface area contributed by atoms with Crippen LogP contribution in [-0.4, -0.2) is 17.8 Å². The van der Waals surface area contributed by atoms with Gasteiger partial charge in [-0.15, -0.1) is 0 Å². The number of halogens is 1. The fourth-order valence-electron chi connectivity index (χ4n) is 5.34. The van der Waals surface area contributed by atoms with Crippen LogP contribution < -0.4 is 15.2 Å². The molecule has 1 fully saturated rings. The Kier molecular flexibility index (Phi) is 4.57. The molecule has 0 bridgehead atoms. The highest BCUT2D eigenvalue weighted by Gasteiger charge is 2.44. The molecule has 0 aromatic heterocycles. The maximum Gasteiger partial charge on any atom is 0.140 e. The molecule has 0 radical (unpaired) electrons. The predicted octanol–water partition coefficient (Wildman–Crippen LogP) is 3.33. The summed E-state index contributed by atoms with van der Waals surface area (Å²) in [5.74, 6) is -0.465. The van der Waals surface area contributed by atoms with E-state index in [1.165, 1.54) is 22.3 Å². The van der Waals surface area contributed by atoms with Gasteiger partial charge in [0.1, 0.15) is 5.82 Å². The molecule has 6 heteroatoms. The normalized spacial score (nSPS) is 19.7. The molecule has 0 unspecified atom stereocenters. The maximum absolute atomic E-state index is 15.1. The average molecular weight is 416 g/mol. The fraction of sp³-hybridized carbons (Fsp3) is 0.478. The third-order valence-corrected chi connectivity index (χ3v) is 8.67. The van der Waals surface area contributed by atoms with Crippen LogP contribution in [0, 0.1) is 5.82 Å². The number of aryl methyl sites for hydroxylation is 2. The van der Waals surface area contributed by atoms with Crippen LogP contribution in [0.15, 0.2) is 29.2 Å². The van der Waals surface area contributed by atoms with Gasteiger partial charge in [0, 0.05) is 22.3 Å². The second kappa shape index (κ2) is 6.89. The van der Waals surface area contributed by atoms with Crippen LogP contribution in [0.2, 0.25) is 0 Å². The molecule has 3 aliphatic rings. The van der Waals surface area contributed by atoms with Crippen LogP contribution >= 0.6 is 0 Å². The van der Waals surface area contributed by atoms with Crippen LogP contribution in [0.1, 0.15) is 53.5 Å². The molecule has 0 amide bonds. The molecule has 29 heavy (non-hydrogen) atoms. The molecule has 4 N–H and O–H groups in total. The lowest BCUT2D eigenvalue weighted by Gasteiger charge is -2.27. The van der Waals surface area contributed by atoms with Gasteiger partial charge < -0.3 is 10.0 Å². The third-order valence-electron chi connectivity index (χ3n) is 7.04. The smallest absolute Gasteiger partial charge is 0.140 e. The summed E-state index contributed by atoms with van der Waals surface area (Å²) in [7, 11) is -1.66. The third kappa shape index (κ3) is 3.22. The molecule has 156 valence electrons. The standard InChI is InChI=1S/C23H30FN3OS/c1-26-14-23(10-11-23)17-8-9-21(20(24)13-17)29(25,28)27-22-18-6-2-4-15(18)12-16-5-3-7-19(16)22/h8-9,12-13,26,29H,2-7,10-11,14H2,1H3,(H3,25,27,28). The van der Waals surface area contributed by atoms with Crippen molar-refractivity contribution in [3.8, 4) is 0 Å². The van der Waals surface area contributed by atoms with Gasteiger partial charge in [-0.05, 0) is 98.4 Å². The first kappa shape index (κ1) is 19.2. The average Bonchev–Trinajstić information content (AvgIpc) is 3.10. The van der Waals surface area contributed by atoms with Crippen molar-refractivity contribution in [1.29, 1.82) is 0 Å². The van der Waals surface area contributed by atoms with Crippen LogP contribution in [0.3, 0.4) is 0 Å². The van der Waals surface area contributed by atoms with Crippen LogP contribution in [0.25, 0.3) is 0 Å². The molecule has 2 aromatic carbocycles. The molecule has 0 heterocycles. The molecular weight excluding hydrogens is 385 g/mol. The minimum absolute atomic E-state index is 0.0151. The number of nitrogens with one attached hydrogen (secondary N) is 2. The lowest BCUT2D eigenvalue weighted by Crippen LogP contribution is -2.34. The number of benzene rings is 2. The maximum atomic E-state index is 15.1. The SMILES string of the molecule is CNCC1(c2ccc([SH](N)(=O)Nc3c4c(cc5c3CCC5)CCC4)c(F)c2)CC1. The van der Waals surface area contributed by atoms with E-state index in [9.17, 15) is 4.21 Å². The molecule has 2 aromatic rings. The minimum atomic E-state index is -3.58. The van der Waals surface area contributed by atoms with Gasteiger partial charge in [0.15, 0.2) is 0 Å². The fourth-order valence-corrected chi connectivity index (χ4v) is 6.74. The number of rotatable bonds is 6. The van der Waals surface area contributed by atoms with Gasteiger partial charge in [-0.25, -0.2) is 8.60 Å². The Morgan fingerprint density at radius 2 is 1.72 bits per heavy atom. The zero-order valence-corrected chi connectivity index (χ0v) is 17.9. The monoisotopic (exact) mass is 415 g/mol. The number of hydrogen-bond donors (Lipinski definition) is 4. The predicted molar refractivity (Wildman–Crippen MR) is 117 cm³/mol. The number of nitrogens with two attached hydrogens (primary N) is 1. The van der Waals surface area contributed by atoms with E-state index in [1.807, 2.05) is 13.1 Å². The summed E-state index contributed by atoms with van der Waals surface area (Å²) < 4.78 is 31.8. The first-order chi connectivity index (χ1) is 13.9. The van der Waals surface area contributed by atoms with E-state index in [0.717, 1.165) is 69.2 Å². The van der Waals surface area contributed by atoms with Gasteiger partial charge in [-0.1, -0.05) is 12.1 Å². The van der Waals surface area contributed by atoms with Crippen molar-refractivity contribution < 1.29 is 8.60 Å². The van der Waals surface area contributed by atoms with E-state index in [-0.39, 0.29) is 10.3 Å². The highest BCUT2D eigenvalue weighted by molar-refractivity contribution is 8.02. The first-order valence-corrected chi connectivity index (χ1v) is 12.5. The Bertz CT molecular complexity index is 999. The van der Waals surface area contributed by atoms with E-state index in [1.54, 1.807) is 12.1 Å². The Labute approximate surface area is 173 Å². The van der Waals surface area contributed by atoms with Crippen molar-refractivity contribution in [2.75, 3.05) is 18.3 Å². The number of fused-ring (bicyclic) bond motifs is 2. The molecule has 4 nitrogen and oxygen atoms in total. The molecule has 0 aliphatic heterocycles. The lowest BCUT2D eigenvalue weighted by molar-refractivity contribution is 0.576. The van der Waals surface area contributed by atoms with Gasteiger partial charge in [-0.3, -0.25) is 5.14 Å². The Morgan fingerprint density at radius 1 is 1.07 bits per heavy atom. The van der Waals surface area contributed by atoms with Gasteiger partial charge in [0.25, 0.3) is 0 Å². The second-order valence-corrected chi connectivity index (χ2v) is 11.0. The van der Waals surface area contributed by atoms with Crippen molar-refractivity contribution >= 4 is 16.0 Å². The van der Waals surface area contributed by atoms with Crippen molar-refractivity contribution in [3.63, 3.8) is 0 Å². The Balaban J connectivity index is 1.50. The van der Waals surface area contributed by atoms with E-state index in [2.05, 4.69) is 16.1 Å². The second-order valence-electron chi connectivity index (χ2n) is 8.98. The summed E-state index contributed by atoms with van der Waals surface area (Å²) in [6, 6.07) is 7.41. The lowest BCUT2D eigenvalue weighted by atomic mass is 9.96. The molecule has 3 aliphatic carbocycles. The summed E-state index contributed by atoms with van der Waals surface area (Å²) in [5, 5.41) is 9.48. The highest BCUT2D eigenvalue weighted by atomic mass is 32.3. The first-order valence-electron chi connectivity index (χ1n) is 10.7. The number of likely N-dealkylation sites (N-methyl/N-ethyl adjacent to an activating group) is 1. The zero-order valence-electron chi connectivity index (χ0n) is 17.0. The van der Waals surface area contributed by atoms with E-state index >= 15 is 4.39 Å². The van der Waals surface area contributed by atoms with Crippen molar-refractivity contribution in [2.24, 2.45) is 5.14 Å². The van der Waals surface area contributed by atoms with E-state index in [4.69, 9.17) is 5.14 Å². The van der Waals surface area contributed by atoms with Gasteiger partial charge in [0.05, 0.1) is 10.6 Å². The van der Waals surface area contributed by atoms with Crippen molar-refractivity contribution in [2.45, 2.75) is 61.7 Å². The van der Waals surface area contributed by atoms with Crippen LogP contribution in [0.4, 0.5) is 10.1 Å². The van der Waals surface area contributed by atoms with Gasteiger partial charge in [0.2, 0.25) is 0 Å². The van der Waals surface area contributed by atoms with E-state index < -0.39 is 16.1 Å². The van der Waals surface area contributed by atoms with Crippen molar-refractivity contribution in [1.82, 2.24) is 5.32 Å². The largest absolute Gasteiger partial charge is 0.319 e. The summed E-state index contributed by atoms with van der Waals surface area (Å²) in [6.45, 7) is 0.826. The Hall–Kier alpha value is -1.76. The molecule has 0 spiro atoms. The van der Waals surface area contributed by atoms with Gasteiger partial charge >= 0.3 is 0 Å². The van der Waals surface area contributed by atoms with Crippen LogP contribution in [-0.2, 0) is 41.4 Å². The van der Waals surface area contributed by atoms with Crippen LogP contribution in [0.5, 0.6) is 0 Å². The molecular formula is C23H30FN3OS. The number of anilines is 1. The van der Waals surface area contributed by atoms with Gasteiger partial charge in [-0.2, -0.15) is 0 Å². The summed E-state index contributed by atoms with van der Waals surface area (Å²) in [5.41, 5.74) is 7.06. The molecule has 0 atom stereocenters. The topological polar surface area (TPSA) is 67.1 Å². The van der Waals surface area contributed by atoms with E-state index in [0.29, 0.717) is 0 Å². The zero-order chi connectivity index (χ0) is 20.2. The number of hydrogen-bond acceptors (Lipinski definition) is 2. The summed E-state index contributed by atoms with van der Waals surface area (Å²) >= 11 is 0. The quantitative estimate of drug-likeness (QED) is 0.547. The summed E-state index contributed by atoms with van der Waals surface area (Å²) in [4.78, 5) is 0.101. The van der Waals surface area contributed by atoms with Crippen molar-refractivity contribution in [3.05, 3.63) is 57.9 Å². The minimum Gasteiger partial charge on any atom is -0.319 e. The number of thiol groups is 1. The molecule has 5 rings (SSSR count). The molecule has 1 saturated carbocycles.